The van der Waals surface area contributed by atoms with Crippen molar-refractivity contribution < 1.29 is 17.9 Å². The van der Waals surface area contributed by atoms with E-state index in [1.807, 2.05) is 0 Å². The number of nitrogens with zero attached hydrogens (tertiary/aromatic N) is 1. The number of esters is 1. The summed E-state index contributed by atoms with van der Waals surface area (Å²) in [5.74, 6) is -0.648. The Morgan fingerprint density at radius 3 is 2.63 bits per heavy atom. The van der Waals surface area contributed by atoms with E-state index < -0.39 is 16.0 Å². The van der Waals surface area contributed by atoms with Crippen molar-refractivity contribution in [1.82, 2.24) is 4.31 Å². The van der Waals surface area contributed by atoms with Crippen LogP contribution in [0.25, 0.3) is 0 Å². The van der Waals surface area contributed by atoms with Gasteiger partial charge in [0.25, 0.3) is 0 Å². The van der Waals surface area contributed by atoms with E-state index in [4.69, 9.17) is 17.3 Å². The van der Waals surface area contributed by atoms with Gasteiger partial charge in [-0.1, -0.05) is 18.5 Å². The first-order valence-corrected chi connectivity index (χ1v) is 7.26. The van der Waals surface area contributed by atoms with E-state index in [0.717, 1.165) is 4.31 Å². The normalized spacial score (nSPS) is 11.6. The van der Waals surface area contributed by atoms with Gasteiger partial charge in [0, 0.05) is 12.2 Å². The molecule has 0 aliphatic heterocycles. The number of carbonyl (C=O) groups excluding carboxylic acids is 1. The number of ether oxygens (including phenoxy) is 1. The number of anilines is 1. The molecule has 0 heterocycles. The fraction of sp³-hybridized carbons (Fsp3) is 0.364. The van der Waals surface area contributed by atoms with Gasteiger partial charge in [0.2, 0.25) is 10.0 Å². The smallest absolute Gasteiger partial charge is 0.321 e. The Bertz CT molecular complexity index is 574. The standard InChI is InChI=1S/C11H15ClN2O4S/c1-3-14(7-11(15)18-2)19(16,17)10-6-8(13)4-5-9(10)12/h4-6H,3,7,13H2,1-2H3. The van der Waals surface area contributed by atoms with Crippen LogP contribution >= 0.6 is 11.6 Å². The van der Waals surface area contributed by atoms with Crippen LogP contribution in [0.2, 0.25) is 5.02 Å². The van der Waals surface area contributed by atoms with E-state index in [9.17, 15) is 13.2 Å². The lowest BCUT2D eigenvalue weighted by atomic mass is 10.3. The van der Waals surface area contributed by atoms with Crippen molar-refractivity contribution in [2.75, 3.05) is 25.9 Å². The molecule has 0 saturated carbocycles. The first-order chi connectivity index (χ1) is 8.82. The Balaban J connectivity index is 3.20. The number of benzene rings is 1. The summed E-state index contributed by atoms with van der Waals surface area (Å²) in [5.41, 5.74) is 5.84. The summed E-state index contributed by atoms with van der Waals surface area (Å²) in [6.45, 7) is 1.35. The highest BCUT2D eigenvalue weighted by molar-refractivity contribution is 7.89. The molecule has 0 unspecified atom stereocenters. The molecule has 0 saturated heterocycles. The molecule has 0 radical (unpaired) electrons. The molecule has 0 spiro atoms. The highest BCUT2D eigenvalue weighted by Gasteiger charge is 2.27. The monoisotopic (exact) mass is 306 g/mol. The molecular weight excluding hydrogens is 292 g/mol. The number of carbonyl (C=O) groups is 1. The lowest BCUT2D eigenvalue weighted by Crippen LogP contribution is -2.36. The van der Waals surface area contributed by atoms with Crippen molar-refractivity contribution in [3.63, 3.8) is 0 Å². The fourth-order valence-electron chi connectivity index (χ4n) is 1.43. The summed E-state index contributed by atoms with van der Waals surface area (Å²) in [6, 6.07) is 4.16. The van der Waals surface area contributed by atoms with Crippen LogP contribution in [0.5, 0.6) is 0 Å². The van der Waals surface area contributed by atoms with Crippen molar-refractivity contribution in [1.29, 1.82) is 0 Å². The first kappa shape index (κ1) is 15.7. The maximum Gasteiger partial charge on any atom is 0.321 e. The van der Waals surface area contributed by atoms with Crippen molar-refractivity contribution in [2.45, 2.75) is 11.8 Å². The average molecular weight is 307 g/mol. The SMILES string of the molecule is CCN(CC(=O)OC)S(=O)(=O)c1cc(N)ccc1Cl. The maximum atomic E-state index is 12.4. The van der Waals surface area contributed by atoms with Gasteiger partial charge in [-0.3, -0.25) is 4.79 Å². The second kappa shape index (κ2) is 6.23. The van der Waals surface area contributed by atoms with Crippen molar-refractivity contribution in [3.8, 4) is 0 Å². The van der Waals surface area contributed by atoms with Crippen LogP contribution in [0.1, 0.15) is 6.92 Å². The van der Waals surface area contributed by atoms with Crippen LogP contribution in [-0.2, 0) is 19.6 Å². The molecule has 0 atom stereocenters. The number of sulfonamides is 1. The maximum absolute atomic E-state index is 12.4. The van der Waals surface area contributed by atoms with Gasteiger partial charge in [-0.15, -0.1) is 0 Å². The number of rotatable bonds is 5. The number of hydrogen-bond donors (Lipinski definition) is 1. The number of nitrogens with two attached hydrogens (primary N) is 1. The minimum atomic E-state index is -3.89. The average Bonchev–Trinajstić information content (AvgIpc) is 2.37. The highest BCUT2D eigenvalue weighted by Crippen LogP contribution is 2.26. The molecule has 106 valence electrons. The molecular formula is C11H15ClN2O4S. The Kier molecular flexibility index (Phi) is 5.16. The summed E-state index contributed by atoms with van der Waals surface area (Å²) in [4.78, 5) is 11.1. The largest absolute Gasteiger partial charge is 0.468 e. The second-order valence-corrected chi connectivity index (χ2v) is 6.01. The van der Waals surface area contributed by atoms with Crippen molar-refractivity contribution in [2.24, 2.45) is 0 Å². The molecule has 8 heteroatoms. The first-order valence-electron chi connectivity index (χ1n) is 5.45. The zero-order valence-corrected chi connectivity index (χ0v) is 12.2. The minimum Gasteiger partial charge on any atom is -0.468 e. The molecule has 2 N–H and O–H groups in total. The van der Waals surface area contributed by atoms with E-state index in [-0.39, 0.29) is 28.7 Å². The Morgan fingerprint density at radius 1 is 1.47 bits per heavy atom. The lowest BCUT2D eigenvalue weighted by Gasteiger charge is -2.20. The quantitative estimate of drug-likeness (QED) is 0.650. The predicted molar refractivity (Wildman–Crippen MR) is 72.3 cm³/mol. The number of hydrogen-bond acceptors (Lipinski definition) is 5. The van der Waals surface area contributed by atoms with Crippen molar-refractivity contribution in [3.05, 3.63) is 23.2 Å². The summed E-state index contributed by atoms with van der Waals surface area (Å²) in [7, 11) is -2.70. The Labute approximate surface area is 117 Å². The van der Waals surface area contributed by atoms with Crippen LogP contribution in [0, 0.1) is 0 Å². The molecule has 0 amide bonds. The van der Waals surface area contributed by atoms with Gasteiger partial charge in [0.05, 0.1) is 12.1 Å². The summed E-state index contributed by atoms with van der Waals surface area (Å²) in [6.07, 6.45) is 0. The summed E-state index contributed by atoms with van der Waals surface area (Å²) in [5, 5.41) is 0.0533. The number of nitrogen functional groups attached to an aromatic ring is 1. The van der Waals surface area contributed by atoms with E-state index in [1.165, 1.54) is 25.3 Å². The third-order valence-electron chi connectivity index (χ3n) is 2.46. The molecule has 0 aliphatic carbocycles. The third kappa shape index (κ3) is 3.59. The molecule has 0 aromatic heterocycles. The van der Waals surface area contributed by atoms with Crippen LogP contribution in [0.4, 0.5) is 5.69 Å². The zero-order valence-electron chi connectivity index (χ0n) is 10.6. The van der Waals surface area contributed by atoms with Gasteiger partial charge in [-0.05, 0) is 18.2 Å². The minimum absolute atomic E-state index is 0.0533. The Morgan fingerprint density at radius 2 is 2.11 bits per heavy atom. The fourth-order valence-corrected chi connectivity index (χ4v) is 3.33. The van der Waals surface area contributed by atoms with Crippen molar-refractivity contribution >= 4 is 33.3 Å². The molecule has 1 aromatic carbocycles. The highest BCUT2D eigenvalue weighted by atomic mass is 35.5. The predicted octanol–water partition coefficient (Wildman–Crippen LogP) is 1.11. The van der Waals surface area contributed by atoms with E-state index in [2.05, 4.69) is 4.74 Å². The number of halogens is 1. The topological polar surface area (TPSA) is 89.7 Å². The van der Waals surface area contributed by atoms with E-state index >= 15 is 0 Å². The van der Waals surface area contributed by atoms with Crippen LogP contribution in [-0.4, -0.2) is 38.9 Å². The van der Waals surface area contributed by atoms with Gasteiger partial charge in [0.15, 0.2) is 0 Å². The van der Waals surface area contributed by atoms with E-state index in [0.29, 0.717) is 0 Å². The zero-order chi connectivity index (χ0) is 14.6. The summed E-state index contributed by atoms with van der Waals surface area (Å²) >= 11 is 5.87. The van der Waals surface area contributed by atoms with Gasteiger partial charge in [-0.25, -0.2) is 8.42 Å². The number of methoxy groups -OCH3 is 1. The van der Waals surface area contributed by atoms with Gasteiger partial charge in [-0.2, -0.15) is 4.31 Å². The molecule has 0 fully saturated rings. The molecule has 19 heavy (non-hydrogen) atoms. The second-order valence-electron chi connectivity index (χ2n) is 3.70. The molecule has 1 rings (SSSR count). The lowest BCUT2D eigenvalue weighted by molar-refractivity contribution is -0.140. The molecule has 6 nitrogen and oxygen atoms in total. The molecule has 0 aliphatic rings. The molecule has 1 aromatic rings. The number of likely N-dealkylation sites (N-methyl/N-ethyl adjacent to an activating group) is 1. The van der Waals surface area contributed by atoms with Gasteiger partial charge < -0.3 is 10.5 Å². The van der Waals surface area contributed by atoms with Gasteiger partial charge in [0.1, 0.15) is 11.4 Å². The van der Waals surface area contributed by atoms with Crippen LogP contribution in [0.15, 0.2) is 23.1 Å². The van der Waals surface area contributed by atoms with Gasteiger partial charge >= 0.3 is 5.97 Å². The van der Waals surface area contributed by atoms with E-state index in [1.54, 1.807) is 6.92 Å². The third-order valence-corrected chi connectivity index (χ3v) is 4.86. The Hall–Kier alpha value is -1.31. The molecule has 0 bridgehead atoms. The van der Waals surface area contributed by atoms with Crippen LogP contribution < -0.4 is 5.73 Å². The van der Waals surface area contributed by atoms with Crippen LogP contribution in [0.3, 0.4) is 0 Å². The summed E-state index contributed by atoms with van der Waals surface area (Å²) < 4.78 is 30.2.